The van der Waals surface area contributed by atoms with E-state index in [1.807, 2.05) is 6.07 Å². The van der Waals surface area contributed by atoms with Crippen LogP contribution < -0.4 is 5.56 Å². The number of rotatable bonds is 4. The van der Waals surface area contributed by atoms with Gasteiger partial charge in [-0.25, -0.2) is 4.98 Å². The van der Waals surface area contributed by atoms with Gasteiger partial charge in [0.2, 0.25) is 0 Å². The first kappa shape index (κ1) is 14.3. The van der Waals surface area contributed by atoms with Gasteiger partial charge >= 0.3 is 5.97 Å². The van der Waals surface area contributed by atoms with Gasteiger partial charge in [-0.2, -0.15) is 5.26 Å². The van der Waals surface area contributed by atoms with Crippen molar-refractivity contribution in [3.63, 3.8) is 0 Å². The number of esters is 1. The lowest BCUT2D eigenvalue weighted by atomic mass is 10.2. The number of hydrogen-bond acceptors (Lipinski definition) is 6. The molecule has 1 aromatic heterocycles. The Hall–Kier alpha value is -1.81. The Kier molecular flexibility index (Phi) is 4.92. The Morgan fingerprint density at radius 1 is 1.67 bits per heavy atom. The van der Waals surface area contributed by atoms with E-state index in [1.54, 1.807) is 13.8 Å². The summed E-state index contributed by atoms with van der Waals surface area (Å²) in [7, 11) is 1.30. The summed E-state index contributed by atoms with van der Waals surface area (Å²) in [6.45, 7) is 3.46. The van der Waals surface area contributed by atoms with E-state index in [2.05, 4.69) is 14.7 Å². The van der Waals surface area contributed by atoms with Gasteiger partial charge in [-0.3, -0.25) is 9.59 Å². The van der Waals surface area contributed by atoms with Gasteiger partial charge in [-0.1, -0.05) is 18.7 Å². The Morgan fingerprint density at radius 2 is 2.33 bits per heavy atom. The molecule has 0 fully saturated rings. The highest BCUT2D eigenvalue weighted by molar-refractivity contribution is 8.00. The molecular formula is C11H13N3O3S. The number of thioether (sulfide) groups is 1. The number of nitriles is 1. The van der Waals surface area contributed by atoms with Crippen molar-refractivity contribution in [2.24, 2.45) is 0 Å². The molecule has 0 aliphatic carbocycles. The molecule has 18 heavy (non-hydrogen) atoms. The molecule has 1 heterocycles. The van der Waals surface area contributed by atoms with Crippen LogP contribution in [0.5, 0.6) is 0 Å². The molecule has 1 N–H and O–H groups in total. The van der Waals surface area contributed by atoms with Gasteiger partial charge in [0, 0.05) is 0 Å². The molecule has 0 saturated heterocycles. The number of hydrogen-bond donors (Lipinski definition) is 1. The fourth-order valence-corrected chi connectivity index (χ4v) is 2.15. The molecule has 1 atom stereocenters. The Balaban J connectivity index is 3.06. The normalized spacial score (nSPS) is 11.7. The average molecular weight is 267 g/mol. The van der Waals surface area contributed by atoms with E-state index < -0.39 is 16.8 Å². The van der Waals surface area contributed by atoms with Gasteiger partial charge in [-0.15, -0.1) is 0 Å². The molecule has 0 aromatic carbocycles. The highest BCUT2D eigenvalue weighted by Crippen LogP contribution is 2.19. The van der Waals surface area contributed by atoms with Crippen LogP contribution in [-0.2, 0) is 16.0 Å². The molecule has 0 aliphatic heterocycles. The Morgan fingerprint density at radius 3 is 2.83 bits per heavy atom. The molecule has 0 amide bonds. The van der Waals surface area contributed by atoms with E-state index in [-0.39, 0.29) is 5.56 Å². The van der Waals surface area contributed by atoms with Crippen LogP contribution in [0.4, 0.5) is 0 Å². The minimum absolute atomic E-state index is 0.0209. The van der Waals surface area contributed by atoms with Crippen LogP contribution in [0.2, 0.25) is 0 Å². The summed E-state index contributed by atoms with van der Waals surface area (Å²) in [5.41, 5.74) is -0.0303. The van der Waals surface area contributed by atoms with E-state index in [1.165, 1.54) is 7.11 Å². The summed E-state index contributed by atoms with van der Waals surface area (Å²) in [6.07, 6.45) is 0.479. The number of aromatic amines is 1. The maximum absolute atomic E-state index is 11.6. The summed E-state index contributed by atoms with van der Waals surface area (Å²) >= 11 is 1.09. The third-order valence-electron chi connectivity index (χ3n) is 2.24. The minimum Gasteiger partial charge on any atom is -0.468 e. The molecule has 1 rings (SSSR count). The van der Waals surface area contributed by atoms with Crippen molar-refractivity contribution in [2.45, 2.75) is 30.7 Å². The first-order valence-corrected chi connectivity index (χ1v) is 6.19. The van der Waals surface area contributed by atoms with Crippen LogP contribution in [0.1, 0.15) is 25.1 Å². The van der Waals surface area contributed by atoms with Crippen LogP contribution in [0, 0.1) is 11.3 Å². The smallest absolute Gasteiger partial charge is 0.318 e. The number of H-pyrrole nitrogens is 1. The molecule has 0 unspecified atom stereocenters. The highest BCUT2D eigenvalue weighted by atomic mass is 32.2. The van der Waals surface area contributed by atoms with Crippen LogP contribution in [0.25, 0.3) is 0 Å². The molecule has 0 aliphatic rings. The zero-order valence-electron chi connectivity index (χ0n) is 10.3. The van der Waals surface area contributed by atoms with Crippen molar-refractivity contribution in [2.75, 3.05) is 7.11 Å². The van der Waals surface area contributed by atoms with Gasteiger partial charge < -0.3 is 9.72 Å². The van der Waals surface area contributed by atoms with E-state index in [0.29, 0.717) is 17.3 Å². The molecule has 6 nitrogen and oxygen atoms in total. The maximum atomic E-state index is 11.6. The molecule has 0 spiro atoms. The molecule has 7 heteroatoms. The predicted octanol–water partition coefficient (Wildman–Crippen LogP) is 0.858. The number of aromatic nitrogens is 2. The maximum Gasteiger partial charge on any atom is 0.318 e. The van der Waals surface area contributed by atoms with E-state index in [0.717, 1.165) is 11.8 Å². The lowest BCUT2D eigenvalue weighted by Gasteiger charge is -2.08. The number of carbonyl (C=O) groups is 1. The van der Waals surface area contributed by atoms with Gasteiger partial charge in [0.05, 0.1) is 12.8 Å². The summed E-state index contributed by atoms with van der Waals surface area (Å²) in [4.78, 5) is 29.5. The molecule has 96 valence electrons. The number of carbonyl (C=O) groups excluding carboxylic acids is 1. The molecule has 1 aromatic rings. The summed E-state index contributed by atoms with van der Waals surface area (Å²) < 4.78 is 4.58. The van der Waals surface area contributed by atoms with Crippen molar-refractivity contribution in [3.8, 4) is 6.07 Å². The van der Waals surface area contributed by atoms with Gasteiger partial charge in [0.1, 0.15) is 16.9 Å². The predicted molar refractivity (Wildman–Crippen MR) is 66.3 cm³/mol. The Labute approximate surface area is 108 Å². The summed E-state index contributed by atoms with van der Waals surface area (Å²) in [6, 6.07) is 1.82. The van der Waals surface area contributed by atoms with Crippen LogP contribution in [0.3, 0.4) is 0 Å². The van der Waals surface area contributed by atoms with Gasteiger partial charge in [0.25, 0.3) is 5.56 Å². The molecule has 0 bridgehead atoms. The average Bonchev–Trinajstić information content (AvgIpc) is 2.36. The third-order valence-corrected chi connectivity index (χ3v) is 3.20. The topological polar surface area (TPSA) is 95.8 Å². The quantitative estimate of drug-likeness (QED) is 0.493. The largest absolute Gasteiger partial charge is 0.468 e. The van der Waals surface area contributed by atoms with E-state index in [4.69, 9.17) is 5.26 Å². The van der Waals surface area contributed by atoms with Crippen molar-refractivity contribution in [3.05, 3.63) is 21.6 Å². The van der Waals surface area contributed by atoms with Crippen molar-refractivity contribution < 1.29 is 9.53 Å². The lowest BCUT2D eigenvalue weighted by Crippen LogP contribution is -2.19. The van der Waals surface area contributed by atoms with E-state index >= 15 is 0 Å². The van der Waals surface area contributed by atoms with Gasteiger partial charge in [-0.05, 0) is 13.3 Å². The van der Waals surface area contributed by atoms with Crippen molar-refractivity contribution in [1.29, 1.82) is 5.26 Å². The first-order chi connectivity index (χ1) is 8.53. The monoisotopic (exact) mass is 267 g/mol. The number of nitrogens with one attached hydrogen (secondary N) is 1. The fraction of sp³-hybridized carbons (Fsp3) is 0.455. The summed E-state index contributed by atoms with van der Waals surface area (Å²) in [5.74, 6) is -0.398. The second kappa shape index (κ2) is 6.21. The second-order valence-electron chi connectivity index (χ2n) is 3.44. The first-order valence-electron chi connectivity index (χ1n) is 5.31. The number of aryl methyl sites for hydroxylation is 1. The minimum atomic E-state index is -0.482. The van der Waals surface area contributed by atoms with E-state index in [9.17, 15) is 9.59 Å². The lowest BCUT2D eigenvalue weighted by molar-refractivity contribution is -0.139. The number of nitrogens with zero attached hydrogens (tertiary/aromatic N) is 2. The fourth-order valence-electron chi connectivity index (χ4n) is 1.31. The zero-order chi connectivity index (χ0) is 13.7. The summed E-state index contributed by atoms with van der Waals surface area (Å²) in [5, 5.41) is 8.68. The standard InChI is InChI=1S/C11H13N3O3S/c1-4-8-7(5-12)9(15)14-11(13-8)18-6(2)10(16)17-3/h6H,4H2,1-3H3,(H,13,14,15)/t6-/m0/s1. The molecule has 0 saturated carbocycles. The second-order valence-corrected chi connectivity index (χ2v) is 4.77. The molecular weight excluding hydrogens is 254 g/mol. The van der Waals surface area contributed by atoms with Crippen LogP contribution >= 0.6 is 11.8 Å². The SMILES string of the molecule is CCc1nc(S[C@@H](C)C(=O)OC)[nH]c(=O)c1C#N. The van der Waals surface area contributed by atoms with Gasteiger partial charge in [0.15, 0.2) is 5.16 Å². The number of methoxy groups -OCH3 is 1. The Bertz CT molecular complexity index is 547. The molecule has 0 radical (unpaired) electrons. The van der Waals surface area contributed by atoms with Crippen LogP contribution in [0.15, 0.2) is 9.95 Å². The highest BCUT2D eigenvalue weighted by Gasteiger charge is 2.17. The third kappa shape index (κ3) is 3.11. The number of ether oxygens (including phenoxy) is 1. The zero-order valence-corrected chi connectivity index (χ0v) is 11.1. The van der Waals surface area contributed by atoms with Crippen molar-refractivity contribution >= 4 is 17.7 Å². The van der Waals surface area contributed by atoms with Crippen LogP contribution in [-0.4, -0.2) is 28.3 Å². The van der Waals surface area contributed by atoms with Crippen molar-refractivity contribution in [1.82, 2.24) is 9.97 Å².